The highest BCUT2D eigenvalue weighted by Gasteiger charge is 2.25. The molecule has 0 saturated heterocycles. The SMILES string of the molecule is BC(P)(COI)CC(C)(C)C. The number of hydrogen-bond donors (Lipinski definition) is 0. The van der Waals surface area contributed by atoms with Gasteiger partial charge < -0.3 is 3.07 Å². The van der Waals surface area contributed by atoms with Crippen LogP contribution >= 0.6 is 32.2 Å². The molecule has 0 N–H and O–H groups in total. The molecule has 2 unspecified atom stereocenters. The van der Waals surface area contributed by atoms with Crippen molar-refractivity contribution < 1.29 is 3.07 Å². The van der Waals surface area contributed by atoms with Gasteiger partial charge in [-0.1, -0.05) is 20.8 Å². The Morgan fingerprint density at radius 3 is 2.18 bits per heavy atom. The quantitative estimate of drug-likeness (QED) is 0.438. The summed E-state index contributed by atoms with van der Waals surface area (Å²) in [7, 11) is 5.08. The van der Waals surface area contributed by atoms with E-state index in [-0.39, 0.29) is 5.06 Å². The fourth-order valence-corrected chi connectivity index (χ4v) is 3.13. The van der Waals surface area contributed by atoms with Crippen LogP contribution in [0.3, 0.4) is 0 Å². The molecule has 11 heavy (non-hydrogen) atoms. The molecule has 0 heterocycles. The first-order valence-corrected chi connectivity index (χ1v) is 5.25. The Hall–Kier alpha value is 1.18. The molecule has 0 radical (unpaired) electrons. The van der Waals surface area contributed by atoms with E-state index in [9.17, 15) is 0 Å². The normalized spacial score (nSPS) is 17.9. The van der Waals surface area contributed by atoms with Gasteiger partial charge in [-0.3, -0.25) is 0 Å². The summed E-state index contributed by atoms with van der Waals surface area (Å²) in [6.07, 6.45) is 1.16. The minimum atomic E-state index is 0.222. The van der Waals surface area contributed by atoms with Crippen molar-refractivity contribution >= 4 is 40.1 Å². The standard InChI is InChI=1S/C7H17BIOP/c1-6(2,3)4-7(8,11)5-10-9/h4-5,8,11H2,1-3H3. The molecule has 0 rings (SSSR count). The van der Waals surface area contributed by atoms with Crippen LogP contribution in [0.4, 0.5) is 0 Å². The largest absolute Gasteiger partial charge is 0.316 e. The van der Waals surface area contributed by atoms with Crippen LogP contribution in [-0.2, 0) is 3.07 Å². The molecular weight excluding hydrogens is 269 g/mol. The van der Waals surface area contributed by atoms with Gasteiger partial charge in [-0.05, 0) is 16.9 Å². The predicted octanol–water partition coefficient (Wildman–Crippen LogP) is 1.99. The van der Waals surface area contributed by atoms with Crippen LogP contribution in [0.2, 0.25) is 0 Å². The summed E-state index contributed by atoms with van der Waals surface area (Å²) in [5.74, 6) is 0. The van der Waals surface area contributed by atoms with Gasteiger partial charge in [0.05, 0.1) is 6.61 Å². The number of rotatable bonds is 3. The van der Waals surface area contributed by atoms with E-state index >= 15 is 0 Å². The van der Waals surface area contributed by atoms with E-state index in [0.717, 1.165) is 13.0 Å². The van der Waals surface area contributed by atoms with E-state index in [0.29, 0.717) is 5.41 Å². The molecule has 0 saturated carbocycles. The summed E-state index contributed by atoms with van der Waals surface area (Å²) >= 11 is 1.95. The summed E-state index contributed by atoms with van der Waals surface area (Å²) < 4.78 is 5.10. The van der Waals surface area contributed by atoms with Gasteiger partial charge in [0.2, 0.25) is 0 Å². The van der Waals surface area contributed by atoms with Gasteiger partial charge in [0.1, 0.15) is 30.9 Å². The molecule has 66 valence electrons. The van der Waals surface area contributed by atoms with Gasteiger partial charge in [0.25, 0.3) is 0 Å². The van der Waals surface area contributed by atoms with Crippen molar-refractivity contribution in [3.8, 4) is 0 Å². The molecule has 4 heteroatoms. The maximum Gasteiger partial charge on any atom is 0.117 e. The van der Waals surface area contributed by atoms with Crippen molar-refractivity contribution in [2.24, 2.45) is 5.41 Å². The minimum Gasteiger partial charge on any atom is -0.316 e. The van der Waals surface area contributed by atoms with E-state index in [1.54, 1.807) is 0 Å². The van der Waals surface area contributed by atoms with Gasteiger partial charge in [-0.25, -0.2) is 0 Å². The second-order valence-electron chi connectivity index (χ2n) is 4.64. The molecule has 0 aromatic rings. The molecule has 0 aliphatic carbocycles. The van der Waals surface area contributed by atoms with Gasteiger partial charge >= 0.3 is 0 Å². The molecule has 0 spiro atoms. The zero-order valence-corrected chi connectivity index (χ0v) is 11.1. The summed E-state index contributed by atoms with van der Waals surface area (Å²) in [5.41, 5.74) is 0.381. The molecule has 0 amide bonds. The first-order chi connectivity index (χ1) is 4.77. The first kappa shape index (κ1) is 12.2. The van der Waals surface area contributed by atoms with Crippen molar-refractivity contribution in [1.29, 1.82) is 0 Å². The lowest BCUT2D eigenvalue weighted by atomic mass is 9.74. The van der Waals surface area contributed by atoms with Crippen molar-refractivity contribution in [2.45, 2.75) is 32.2 Å². The molecule has 1 nitrogen and oxygen atoms in total. The Kier molecular flexibility index (Phi) is 4.91. The Morgan fingerprint density at radius 1 is 1.45 bits per heavy atom. The summed E-state index contributed by atoms with van der Waals surface area (Å²) in [6, 6.07) is 0. The highest BCUT2D eigenvalue weighted by molar-refractivity contribution is 14.1. The first-order valence-electron chi connectivity index (χ1n) is 3.79. The van der Waals surface area contributed by atoms with Gasteiger partial charge in [0, 0.05) is 0 Å². The highest BCUT2D eigenvalue weighted by Crippen LogP contribution is 2.31. The average Bonchev–Trinajstić information content (AvgIpc) is 1.55. The average molecular weight is 286 g/mol. The lowest BCUT2D eigenvalue weighted by Gasteiger charge is -2.31. The molecule has 2 atom stereocenters. The number of hydrogen-bond acceptors (Lipinski definition) is 1. The Morgan fingerprint density at radius 2 is 1.91 bits per heavy atom. The summed E-state index contributed by atoms with van der Waals surface area (Å²) in [4.78, 5) is 0. The molecule has 0 fully saturated rings. The third-order valence-electron chi connectivity index (χ3n) is 1.32. The summed E-state index contributed by atoms with van der Waals surface area (Å²) in [6.45, 7) is 7.56. The van der Waals surface area contributed by atoms with Crippen LogP contribution in [0.5, 0.6) is 0 Å². The lowest BCUT2D eigenvalue weighted by Crippen LogP contribution is -2.31. The molecular formula is C7H17BIOP. The fourth-order valence-electron chi connectivity index (χ4n) is 1.39. The van der Waals surface area contributed by atoms with E-state index in [4.69, 9.17) is 3.07 Å². The Labute approximate surface area is 87.3 Å². The van der Waals surface area contributed by atoms with Crippen molar-refractivity contribution in [3.05, 3.63) is 0 Å². The maximum atomic E-state index is 5.10. The molecule has 0 aliphatic heterocycles. The van der Waals surface area contributed by atoms with Crippen molar-refractivity contribution in [3.63, 3.8) is 0 Å². The zero-order valence-electron chi connectivity index (χ0n) is 7.78. The van der Waals surface area contributed by atoms with Gasteiger partial charge in [0.15, 0.2) is 0 Å². The van der Waals surface area contributed by atoms with E-state index in [1.807, 2.05) is 23.0 Å². The van der Waals surface area contributed by atoms with Crippen molar-refractivity contribution in [1.82, 2.24) is 0 Å². The van der Waals surface area contributed by atoms with Crippen LogP contribution in [0.25, 0.3) is 0 Å². The van der Waals surface area contributed by atoms with Crippen LogP contribution in [0.15, 0.2) is 0 Å². The highest BCUT2D eigenvalue weighted by atomic mass is 127. The van der Waals surface area contributed by atoms with Crippen molar-refractivity contribution in [2.75, 3.05) is 6.61 Å². The van der Waals surface area contributed by atoms with Gasteiger partial charge in [-0.2, -0.15) is 0 Å². The third-order valence-corrected chi connectivity index (χ3v) is 2.00. The molecule has 0 aliphatic rings. The van der Waals surface area contributed by atoms with Crippen LogP contribution < -0.4 is 0 Å². The van der Waals surface area contributed by atoms with E-state index in [2.05, 4.69) is 37.9 Å². The minimum absolute atomic E-state index is 0.222. The third kappa shape index (κ3) is 7.54. The fraction of sp³-hybridized carbons (Fsp3) is 1.00. The Balaban J connectivity index is 3.91. The van der Waals surface area contributed by atoms with E-state index < -0.39 is 0 Å². The van der Waals surface area contributed by atoms with Gasteiger partial charge in [-0.15, -0.1) is 9.24 Å². The topological polar surface area (TPSA) is 9.23 Å². The second-order valence-corrected chi connectivity index (χ2v) is 6.66. The maximum absolute atomic E-state index is 5.10. The van der Waals surface area contributed by atoms with Crippen LogP contribution in [-0.4, -0.2) is 19.5 Å². The Bertz CT molecular complexity index is 122. The van der Waals surface area contributed by atoms with E-state index in [1.165, 1.54) is 0 Å². The zero-order chi connectivity index (χ0) is 9.12. The smallest absolute Gasteiger partial charge is 0.117 e. The van der Waals surface area contributed by atoms with Crippen LogP contribution in [0, 0.1) is 5.41 Å². The lowest BCUT2D eigenvalue weighted by molar-refractivity contribution is 0.306. The molecule has 0 aromatic carbocycles. The molecule has 0 bridgehead atoms. The van der Waals surface area contributed by atoms with Crippen LogP contribution in [0.1, 0.15) is 27.2 Å². The molecule has 0 aromatic heterocycles. The monoisotopic (exact) mass is 286 g/mol. The number of halogens is 1. The summed E-state index contributed by atoms with van der Waals surface area (Å²) in [5, 5.41) is 0.222. The second kappa shape index (κ2) is 4.43. The predicted molar refractivity (Wildman–Crippen MR) is 65.0 cm³/mol.